The van der Waals surface area contributed by atoms with E-state index in [-0.39, 0.29) is 5.97 Å². The molecule has 3 heteroatoms. The molecule has 3 nitrogen and oxygen atoms in total. The molecule has 0 aromatic heterocycles. The van der Waals surface area contributed by atoms with Crippen LogP contribution in [0.15, 0.2) is 24.3 Å². The fourth-order valence-electron chi connectivity index (χ4n) is 1.66. The van der Waals surface area contributed by atoms with Gasteiger partial charge < -0.3 is 10.1 Å². The van der Waals surface area contributed by atoms with Crippen LogP contribution < -0.4 is 5.32 Å². The Morgan fingerprint density at radius 1 is 1.15 bits per heavy atom. The van der Waals surface area contributed by atoms with Crippen LogP contribution in [0.1, 0.15) is 50.9 Å². The number of benzene rings is 1. The van der Waals surface area contributed by atoms with Crippen LogP contribution in [0.5, 0.6) is 0 Å². The van der Waals surface area contributed by atoms with Crippen molar-refractivity contribution in [3.63, 3.8) is 0 Å². The van der Waals surface area contributed by atoms with Gasteiger partial charge in [-0.1, -0.05) is 52.7 Å². The summed E-state index contributed by atoms with van der Waals surface area (Å²) in [6, 6.07) is 7.55. The maximum absolute atomic E-state index is 12.1. The van der Waals surface area contributed by atoms with Gasteiger partial charge in [0.1, 0.15) is 0 Å². The molecule has 1 rings (SSSR count). The van der Waals surface area contributed by atoms with Crippen LogP contribution in [0, 0.1) is 11.8 Å². The van der Waals surface area contributed by atoms with Gasteiger partial charge in [0.25, 0.3) is 0 Å². The van der Waals surface area contributed by atoms with Gasteiger partial charge >= 0.3 is 5.97 Å². The zero-order chi connectivity index (χ0) is 15.0. The van der Waals surface area contributed by atoms with Gasteiger partial charge in [-0.05, 0) is 24.0 Å². The Morgan fingerprint density at radius 3 is 2.45 bits per heavy atom. The van der Waals surface area contributed by atoms with E-state index in [2.05, 4.69) is 33.0 Å². The topological polar surface area (TPSA) is 38.3 Å². The van der Waals surface area contributed by atoms with Crippen molar-refractivity contribution in [3.8, 4) is 0 Å². The van der Waals surface area contributed by atoms with Gasteiger partial charge in [-0.25, -0.2) is 4.79 Å². The second-order valence-corrected chi connectivity index (χ2v) is 5.55. The molecular formula is C17H27NO2. The van der Waals surface area contributed by atoms with Crippen molar-refractivity contribution < 1.29 is 9.53 Å². The smallest absolute Gasteiger partial charge is 0.340 e. The van der Waals surface area contributed by atoms with E-state index in [1.54, 1.807) is 0 Å². The molecule has 0 spiro atoms. The molecule has 1 aromatic carbocycles. The number of hydrogen-bond acceptors (Lipinski definition) is 3. The largest absolute Gasteiger partial charge is 0.462 e. The third-order valence-corrected chi connectivity index (χ3v) is 3.68. The summed E-state index contributed by atoms with van der Waals surface area (Å²) in [5, 5.41) is 3.35. The third-order valence-electron chi connectivity index (χ3n) is 3.68. The van der Waals surface area contributed by atoms with Gasteiger partial charge in [0.05, 0.1) is 12.2 Å². The summed E-state index contributed by atoms with van der Waals surface area (Å²) in [6.07, 6.45) is 2.13. The number of ether oxygens (including phenoxy) is 1. The normalized spacial score (nSPS) is 13.6. The van der Waals surface area contributed by atoms with Crippen LogP contribution >= 0.6 is 0 Å². The average molecular weight is 277 g/mol. The number of carbonyl (C=O) groups excluding carboxylic acids is 1. The first kappa shape index (κ1) is 16.5. The first-order valence-electron chi connectivity index (χ1n) is 7.58. The Hall–Kier alpha value is -1.51. The Bertz CT molecular complexity index is 417. The lowest BCUT2D eigenvalue weighted by Crippen LogP contribution is -2.16. The Labute approximate surface area is 122 Å². The molecule has 0 fully saturated rings. The van der Waals surface area contributed by atoms with E-state index < -0.39 is 0 Å². The van der Waals surface area contributed by atoms with E-state index in [1.165, 1.54) is 0 Å². The van der Waals surface area contributed by atoms with Crippen molar-refractivity contribution in [1.29, 1.82) is 0 Å². The molecule has 1 aromatic rings. The molecule has 0 heterocycles. The summed E-state index contributed by atoms with van der Waals surface area (Å²) >= 11 is 0. The highest BCUT2D eigenvalue weighted by molar-refractivity contribution is 5.95. The second-order valence-electron chi connectivity index (χ2n) is 5.55. The number of nitrogens with one attached hydrogen (secondary N) is 1. The van der Waals surface area contributed by atoms with Gasteiger partial charge in [0.15, 0.2) is 0 Å². The molecule has 2 atom stereocenters. The predicted octanol–water partition coefficient (Wildman–Crippen LogP) is 4.35. The lowest BCUT2D eigenvalue weighted by molar-refractivity contribution is 0.0448. The third kappa shape index (κ3) is 5.24. The van der Waals surface area contributed by atoms with E-state index in [1.807, 2.05) is 24.3 Å². The molecule has 0 aliphatic carbocycles. The summed E-state index contributed by atoms with van der Waals surface area (Å²) < 4.78 is 5.38. The van der Waals surface area contributed by atoms with Gasteiger partial charge in [-0.15, -0.1) is 0 Å². The maximum Gasteiger partial charge on any atom is 0.340 e. The fraction of sp³-hybridized carbons (Fsp3) is 0.588. The maximum atomic E-state index is 12.1. The van der Waals surface area contributed by atoms with E-state index in [9.17, 15) is 4.79 Å². The Balaban J connectivity index is 2.66. The van der Waals surface area contributed by atoms with Crippen molar-refractivity contribution >= 4 is 11.7 Å². The van der Waals surface area contributed by atoms with Crippen molar-refractivity contribution in [3.05, 3.63) is 29.8 Å². The SMILES string of the molecule is CCC(C)CNc1ccccc1C(=O)OCC(C)CC. The summed E-state index contributed by atoms with van der Waals surface area (Å²) in [5.74, 6) is 0.746. The molecule has 112 valence electrons. The molecule has 20 heavy (non-hydrogen) atoms. The molecule has 0 bridgehead atoms. The number of para-hydroxylation sites is 1. The Morgan fingerprint density at radius 2 is 1.80 bits per heavy atom. The molecule has 0 saturated heterocycles. The van der Waals surface area contributed by atoms with Gasteiger partial charge in [0.2, 0.25) is 0 Å². The lowest BCUT2D eigenvalue weighted by Gasteiger charge is -2.15. The monoisotopic (exact) mass is 277 g/mol. The summed E-state index contributed by atoms with van der Waals surface area (Å²) in [7, 11) is 0. The van der Waals surface area contributed by atoms with E-state index in [0.29, 0.717) is 24.0 Å². The molecule has 0 amide bonds. The highest BCUT2D eigenvalue weighted by Gasteiger charge is 2.13. The molecule has 0 aliphatic rings. The minimum Gasteiger partial charge on any atom is -0.462 e. The highest BCUT2D eigenvalue weighted by atomic mass is 16.5. The quantitative estimate of drug-likeness (QED) is 0.718. The average Bonchev–Trinajstić information content (AvgIpc) is 2.49. The van der Waals surface area contributed by atoms with E-state index in [4.69, 9.17) is 4.74 Å². The first-order chi connectivity index (χ1) is 9.58. The van der Waals surface area contributed by atoms with Crippen LogP contribution in [0.2, 0.25) is 0 Å². The second kappa shape index (κ2) is 8.62. The number of anilines is 1. The molecule has 0 saturated carbocycles. The minimum absolute atomic E-state index is 0.238. The van der Waals surface area contributed by atoms with Crippen molar-refractivity contribution in [1.82, 2.24) is 0 Å². The van der Waals surface area contributed by atoms with Crippen LogP contribution in [0.25, 0.3) is 0 Å². The number of carbonyl (C=O) groups is 1. The lowest BCUT2D eigenvalue weighted by atomic mass is 10.1. The number of rotatable bonds is 8. The minimum atomic E-state index is -0.238. The van der Waals surface area contributed by atoms with Gasteiger partial charge in [-0.3, -0.25) is 0 Å². The van der Waals surface area contributed by atoms with Crippen molar-refractivity contribution in [2.24, 2.45) is 11.8 Å². The summed E-state index contributed by atoms with van der Waals surface area (Å²) in [6.45, 7) is 9.89. The fourth-order valence-corrected chi connectivity index (χ4v) is 1.66. The van der Waals surface area contributed by atoms with Crippen LogP contribution in [-0.2, 0) is 4.74 Å². The molecule has 0 radical (unpaired) electrons. The number of esters is 1. The molecule has 1 N–H and O–H groups in total. The van der Waals surface area contributed by atoms with Crippen LogP contribution in [0.3, 0.4) is 0 Å². The standard InChI is InChI=1S/C17H27NO2/c1-5-13(3)11-18-16-10-8-7-9-15(16)17(19)20-12-14(4)6-2/h7-10,13-14,18H,5-6,11-12H2,1-4H3. The van der Waals surface area contributed by atoms with Gasteiger partial charge in [-0.2, -0.15) is 0 Å². The van der Waals surface area contributed by atoms with Crippen molar-refractivity contribution in [2.75, 3.05) is 18.5 Å². The predicted molar refractivity (Wildman–Crippen MR) is 84.1 cm³/mol. The Kier molecular flexibility index (Phi) is 7.13. The summed E-state index contributed by atoms with van der Waals surface area (Å²) in [5.41, 5.74) is 1.49. The zero-order valence-electron chi connectivity index (χ0n) is 13.1. The molecular weight excluding hydrogens is 250 g/mol. The summed E-state index contributed by atoms with van der Waals surface area (Å²) in [4.78, 5) is 12.1. The zero-order valence-corrected chi connectivity index (χ0v) is 13.1. The molecule has 0 aliphatic heterocycles. The van der Waals surface area contributed by atoms with Gasteiger partial charge in [0, 0.05) is 12.2 Å². The molecule has 2 unspecified atom stereocenters. The van der Waals surface area contributed by atoms with E-state index in [0.717, 1.165) is 25.1 Å². The van der Waals surface area contributed by atoms with E-state index >= 15 is 0 Å². The number of hydrogen-bond donors (Lipinski definition) is 1. The van der Waals surface area contributed by atoms with Crippen LogP contribution in [0.4, 0.5) is 5.69 Å². The highest BCUT2D eigenvalue weighted by Crippen LogP contribution is 2.17. The van der Waals surface area contributed by atoms with Crippen molar-refractivity contribution in [2.45, 2.75) is 40.5 Å². The van der Waals surface area contributed by atoms with Crippen LogP contribution in [-0.4, -0.2) is 19.1 Å². The first-order valence-corrected chi connectivity index (χ1v) is 7.58.